The van der Waals surface area contributed by atoms with Crippen LogP contribution in [0.1, 0.15) is 31.7 Å². The minimum absolute atomic E-state index is 0.137. The molecule has 0 radical (unpaired) electrons. The van der Waals surface area contributed by atoms with Crippen molar-refractivity contribution >= 4 is 5.91 Å². The Bertz CT molecular complexity index is 396. The Morgan fingerprint density at radius 3 is 2.58 bits per heavy atom. The molecule has 1 aliphatic rings. The summed E-state index contributed by atoms with van der Waals surface area (Å²) in [5, 5.41) is 6.46. The Kier molecular flexibility index (Phi) is 4.97. The molecule has 3 heteroatoms. The van der Waals surface area contributed by atoms with Crippen LogP contribution in [0.3, 0.4) is 0 Å². The summed E-state index contributed by atoms with van der Waals surface area (Å²) in [6, 6.07) is 10.3. The molecule has 2 N–H and O–H groups in total. The predicted octanol–water partition coefficient (Wildman–Crippen LogP) is 2.13. The van der Waals surface area contributed by atoms with Crippen LogP contribution >= 0.6 is 0 Å². The molecule has 104 valence electrons. The summed E-state index contributed by atoms with van der Waals surface area (Å²) in [4.78, 5) is 12.4. The normalized spacial score (nSPS) is 17.9. The molecule has 1 fully saturated rings. The minimum Gasteiger partial charge on any atom is -0.355 e. The lowest BCUT2D eigenvalue weighted by atomic mass is 9.76. The van der Waals surface area contributed by atoms with Gasteiger partial charge in [-0.15, -0.1) is 0 Å². The third-order valence-corrected chi connectivity index (χ3v) is 4.26. The Labute approximate surface area is 115 Å². The van der Waals surface area contributed by atoms with E-state index in [4.69, 9.17) is 0 Å². The average molecular weight is 260 g/mol. The summed E-state index contributed by atoms with van der Waals surface area (Å²) in [7, 11) is 0. The van der Waals surface area contributed by atoms with Gasteiger partial charge in [-0.25, -0.2) is 0 Å². The molecule has 0 aliphatic carbocycles. The van der Waals surface area contributed by atoms with E-state index in [2.05, 4.69) is 29.7 Å². The maximum Gasteiger partial charge on any atom is 0.226 e. The van der Waals surface area contributed by atoms with Gasteiger partial charge in [-0.3, -0.25) is 4.79 Å². The SMILES string of the molecule is CCC1(C(=O)NCCc2ccccc2)CCNCC1. The standard InChI is InChI=1S/C16H24N2O/c1-2-16(9-12-17-13-10-16)15(19)18-11-8-14-6-4-3-5-7-14/h3-7,17H,2,8-13H2,1H3,(H,18,19). The first-order chi connectivity index (χ1) is 9.27. The molecule has 0 spiro atoms. The topological polar surface area (TPSA) is 41.1 Å². The highest BCUT2D eigenvalue weighted by molar-refractivity contribution is 5.82. The maximum absolute atomic E-state index is 12.4. The molecule has 0 unspecified atom stereocenters. The number of benzene rings is 1. The van der Waals surface area contributed by atoms with Crippen molar-refractivity contribution in [3.8, 4) is 0 Å². The fraction of sp³-hybridized carbons (Fsp3) is 0.562. The molecule has 0 bridgehead atoms. The zero-order valence-electron chi connectivity index (χ0n) is 11.7. The third kappa shape index (κ3) is 3.57. The van der Waals surface area contributed by atoms with Crippen molar-refractivity contribution in [2.75, 3.05) is 19.6 Å². The largest absolute Gasteiger partial charge is 0.355 e. The van der Waals surface area contributed by atoms with Crippen LogP contribution < -0.4 is 10.6 Å². The molecule has 0 aromatic heterocycles. The summed E-state index contributed by atoms with van der Waals surface area (Å²) in [6.45, 7) is 4.78. The molecule has 1 saturated heterocycles. The van der Waals surface area contributed by atoms with Crippen LogP contribution in [0.4, 0.5) is 0 Å². The van der Waals surface area contributed by atoms with Gasteiger partial charge in [-0.1, -0.05) is 37.3 Å². The quantitative estimate of drug-likeness (QED) is 0.851. The summed E-state index contributed by atoms with van der Waals surface area (Å²) < 4.78 is 0. The monoisotopic (exact) mass is 260 g/mol. The van der Waals surface area contributed by atoms with E-state index in [1.807, 2.05) is 18.2 Å². The number of carbonyl (C=O) groups excluding carboxylic acids is 1. The lowest BCUT2D eigenvalue weighted by Crippen LogP contribution is -2.47. The molecule has 0 atom stereocenters. The predicted molar refractivity (Wildman–Crippen MR) is 78.0 cm³/mol. The van der Waals surface area contributed by atoms with E-state index in [9.17, 15) is 4.79 Å². The highest BCUT2D eigenvalue weighted by Crippen LogP contribution is 2.32. The van der Waals surface area contributed by atoms with Gasteiger partial charge in [-0.05, 0) is 44.3 Å². The van der Waals surface area contributed by atoms with Crippen molar-refractivity contribution in [1.82, 2.24) is 10.6 Å². The van der Waals surface area contributed by atoms with E-state index in [0.717, 1.165) is 45.3 Å². The van der Waals surface area contributed by atoms with Gasteiger partial charge < -0.3 is 10.6 Å². The first-order valence-corrected chi connectivity index (χ1v) is 7.30. The molecule has 3 nitrogen and oxygen atoms in total. The van der Waals surface area contributed by atoms with Crippen molar-refractivity contribution < 1.29 is 4.79 Å². The van der Waals surface area contributed by atoms with E-state index < -0.39 is 0 Å². The van der Waals surface area contributed by atoms with Crippen LogP contribution in [0.5, 0.6) is 0 Å². The number of hydrogen-bond donors (Lipinski definition) is 2. The molecule has 19 heavy (non-hydrogen) atoms. The van der Waals surface area contributed by atoms with E-state index >= 15 is 0 Å². The van der Waals surface area contributed by atoms with E-state index in [1.165, 1.54) is 5.56 Å². The maximum atomic E-state index is 12.4. The summed E-state index contributed by atoms with van der Waals surface area (Å²) >= 11 is 0. The highest BCUT2D eigenvalue weighted by atomic mass is 16.2. The Hall–Kier alpha value is -1.35. The van der Waals surface area contributed by atoms with Crippen LogP contribution in [0.25, 0.3) is 0 Å². The zero-order chi connectivity index (χ0) is 13.6. The molecular formula is C16H24N2O. The number of piperidine rings is 1. The van der Waals surface area contributed by atoms with Gasteiger partial charge in [0.05, 0.1) is 5.41 Å². The van der Waals surface area contributed by atoms with Crippen LogP contribution in [0.2, 0.25) is 0 Å². The molecule has 1 aliphatic heterocycles. The number of carbonyl (C=O) groups is 1. The lowest BCUT2D eigenvalue weighted by Gasteiger charge is -2.35. The summed E-state index contributed by atoms with van der Waals surface area (Å²) in [6.07, 6.45) is 3.76. The number of nitrogens with one attached hydrogen (secondary N) is 2. The highest BCUT2D eigenvalue weighted by Gasteiger charge is 2.37. The van der Waals surface area contributed by atoms with E-state index in [-0.39, 0.29) is 11.3 Å². The lowest BCUT2D eigenvalue weighted by molar-refractivity contribution is -0.132. The first-order valence-electron chi connectivity index (χ1n) is 7.30. The second-order valence-corrected chi connectivity index (χ2v) is 5.38. The molecule has 0 saturated carbocycles. The average Bonchev–Trinajstić information content (AvgIpc) is 2.49. The molecule has 1 aromatic rings. The van der Waals surface area contributed by atoms with Crippen LogP contribution in [0.15, 0.2) is 30.3 Å². The van der Waals surface area contributed by atoms with Crippen LogP contribution in [0, 0.1) is 5.41 Å². The Morgan fingerprint density at radius 2 is 1.95 bits per heavy atom. The van der Waals surface area contributed by atoms with Gasteiger partial charge >= 0.3 is 0 Å². The second-order valence-electron chi connectivity index (χ2n) is 5.38. The summed E-state index contributed by atoms with van der Waals surface area (Å²) in [5.41, 5.74) is 1.14. The molecule has 1 amide bonds. The van der Waals surface area contributed by atoms with Crippen molar-refractivity contribution in [2.24, 2.45) is 5.41 Å². The van der Waals surface area contributed by atoms with Crippen LogP contribution in [-0.2, 0) is 11.2 Å². The van der Waals surface area contributed by atoms with Gasteiger partial charge in [0.25, 0.3) is 0 Å². The van der Waals surface area contributed by atoms with Gasteiger partial charge in [0.15, 0.2) is 0 Å². The van der Waals surface area contributed by atoms with Gasteiger partial charge in [0, 0.05) is 6.54 Å². The first kappa shape index (κ1) is 14.1. The Balaban J connectivity index is 1.83. The number of rotatable bonds is 5. The molecule has 1 aromatic carbocycles. The van der Waals surface area contributed by atoms with Gasteiger partial charge in [0.2, 0.25) is 5.91 Å². The van der Waals surface area contributed by atoms with Crippen molar-refractivity contribution in [3.63, 3.8) is 0 Å². The number of amides is 1. The van der Waals surface area contributed by atoms with Crippen molar-refractivity contribution in [2.45, 2.75) is 32.6 Å². The number of hydrogen-bond acceptors (Lipinski definition) is 2. The van der Waals surface area contributed by atoms with Gasteiger partial charge in [0.1, 0.15) is 0 Å². The van der Waals surface area contributed by atoms with Gasteiger partial charge in [-0.2, -0.15) is 0 Å². The third-order valence-electron chi connectivity index (χ3n) is 4.26. The van der Waals surface area contributed by atoms with E-state index in [0.29, 0.717) is 0 Å². The molecule has 2 rings (SSSR count). The minimum atomic E-state index is -0.137. The summed E-state index contributed by atoms with van der Waals surface area (Å²) in [5.74, 6) is 0.243. The molecule has 1 heterocycles. The van der Waals surface area contributed by atoms with Crippen molar-refractivity contribution in [3.05, 3.63) is 35.9 Å². The van der Waals surface area contributed by atoms with E-state index in [1.54, 1.807) is 0 Å². The zero-order valence-corrected chi connectivity index (χ0v) is 11.7. The fourth-order valence-corrected chi connectivity index (χ4v) is 2.80. The van der Waals surface area contributed by atoms with Crippen LogP contribution in [-0.4, -0.2) is 25.5 Å². The fourth-order valence-electron chi connectivity index (χ4n) is 2.80. The Morgan fingerprint density at radius 1 is 1.26 bits per heavy atom. The smallest absolute Gasteiger partial charge is 0.226 e. The molecular weight excluding hydrogens is 236 g/mol. The van der Waals surface area contributed by atoms with Crippen molar-refractivity contribution in [1.29, 1.82) is 0 Å². The second kappa shape index (κ2) is 6.71.